The molecule has 1 aliphatic rings. The standard InChI is InChI=1S/C10H12F3N3.ClH/c11-10(12,13)8-1-2-9(15-7-8)16-5-3-14-4-6-16;/h1-2,7,14H,3-6H2;1H. The normalized spacial score (nSPS) is 16.5. The highest BCUT2D eigenvalue weighted by molar-refractivity contribution is 5.85. The predicted octanol–water partition coefficient (Wildman–Crippen LogP) is 1.93. The summed E-state index contributed by atoms with van der Waals surface area (Å²) in [4.78, 5) is 5.82. The van der Waals surface area contributed by atoms with Gasteiger partial charge in [0.2, 0.25) is 0 Å². The molecule has 1 aromatic heterocycles. The second kappa shape index (κ2) is 5.55. The number of piperazine rings is 1. The summed E-state index contributed by atoms with van der Waals surface area (Å²) in [6.45, 7) is 3.22. The minimum atomic E-state index is -4.31. The van der Waals surface area contributed by atoms with Crippen molar-refractivity contribution in [2.24, 2.45) is 0 Å². The average molecular weight is 268 g/mol. The Bertz CT molecular complexity index is 347. The molecule has 0 spiro atoms. The lowest BCUT2D eigenvalue weighted by Crippen LogP contribution is -2.43. The SMILES string of the molecule is Cl.FC(F)(F)c1ccc(N2CCNCC2)nc1. The first-order valence-electron chi connectivity index (χ1n) is 5.06. The van der Waals surface area contributed by atoms with Crippen LogP contribution in [0.25, 0.3) is 0 Å². The zero-order valence-electron chi connectivity index (χ0n) is 9.00. The van der Waals surface area contributed by atoms with Crippen molar-refractivity contribution in [3.8, 4) is 0 Å². The van der Waals surface area contributed by atoms with Crippen LogP contribution in [0.3, 0.4) is 0 Å². The van der Waals surface area contributed by atoms with Crippen molar-refractivity contribution in [3.63, 3.8) is 0 Å². The van der Waals surface area contributed by atoms with Crippen molar-refractivity contribution in [2.75, 3.05) is 31.1 Å². The summed E-state index contributed by atoms with van der Waals surface area (Å²) in [5.74, 6) is 0.606. The van der Waals surface area contributed by atoms with Gasteiger partial charge >= 0.3 is 6.18 Å². The molecule has 0 aromatic carbocycles. The summed E-state index contributed by atoms with van der Waals surface area (Å²) < 4.78 is 36.9. The molecule has 1 N–H and O–H groups in total. The van der Waals surface area contributed by atoms with E-state index in [9.17, 15) is 13.2 Å². The van der Waals surface area contributed by atoms with Crippen LogP contribution < -0.4 is 10.2 Å². The Hall–Kier alpha value is -1.01. The monoisotopic (exact) mass is 267 g/mol. The highest BCUT2D eigenvalue weighted by Gasteiger charge is 2.30. The fraction of sp³-hybridized carbons (Fsp3) is 0.500. The lowest BCUT2D eigenvalue weighted by molar-refractivity contribution is -0.137. The summed E-state index contributed by atoms with van der Waals surface area (Å²) in [5.41, 5.74) is -0.702. The first kappa shape index (κ1) is 14.1. The molecule has 2 rings (SSSR count). The number of pyridine rings is 1. The molecule has 0 unspecified atom stereocenters. The summed E-state index contributed by atoms with van der Waals surface area (Å²) in [5, 5.41) is 3.17. The van der Waals surface area contributed by atoms with Crippen LogP contribution in [0.2, 0.25) is 0 Å². The Kier molecular flexibility index (Phi) is 4.59. The van der Waals surface area contributed by atoms with Crippen LogP contribution in [-0.4, -0.2) is 31.2 Å². The van der Waals surface area contributed by atoms with Gasteiger partial charge in [-0.3, -0.25) is 0 Å². The topological polar surface area (TPSA) is 28.2 Å². The molecule has 0 saturated carbocycles. The molecule has 17 heavy (non-hydrogen) atoms. The van der Waals surface area contributed by atoms with Crippen molar-refractivity contribution in [3.05, 3.63) is 23.9 Å². The van der Waals surface area contributed by atoms with Gasteiger partial charge in [-0.15, -0.1) is 12.4 Å². The van der Waals surface area contributed by atoms with E-state index in [2.05, 4.69) is 10.3 Å². The molecule has 96 valence electrons. The Balaban J connectivity index is 0.00000144. The summed E-state index contributed by atoms with van der Waals surface area (Å²) >= 11 is 0. The van der Waals surface area contributed by atoms with Gasteiger partial charge in [-0.1, -0.05) is 0 Å². The van der Waals surface area contributed by atoms with Gasteiger partial charge in [0.05, 0.1) is 5.56 Å². The Labute approximate surface area is 103 Å². The van der Waals surface area contributed by atoms with Crippen molar-refractivity contribution in [1.82, 2.24) is 10.3 Å². The van der Waals surface area contributed by atoms with E-state index in [0.29, 0.717) is 5.82 Å². The van der Waals surface area contributed by atoms with Gasteiger partial charge in [0.25, 0.3) is 0 Å². The van der Waals surface area contributed by atoms with Crippen molar-refractivity contribution in [1.29, 1.82) is 0 Å². The maximum atomic E-state index is 12.3. The number of rotatable bonds is 1. The first-order chi connectivity index (χ1) is 7.57. The summed E-state index contributed by atoms with van der Waals surface area (Å²) in [7, 11) is 0. The lowest BCUT2D eigenvalue weighted by Gasteiger charge is -2.28. The van der Waals surface area contributed by atoms with Gasteiger partial charge in [-0.2, -0.15) is 13.2 Å². The lowest BCUT2D eigenvalue weighted by atomic mass is 10.2. The zero-order valence-corrected chi connectivity index (χ0v) is 9.81. The second-order valence-corrected chi connectivity index (χ2v) is 3.64. The number of aromatic nitrogens is 1. The molecule has 0 aliphatic carbocycles. The van der Waals surface area contributed by atoms with Gasteiger partial charge in [0, 0.05) is 32.4 Å². The fourth-order valence-corrected chi connectivity index (χ4v) is 1.63. The van der Waals surface area contributed by atoms with Gasteiger partial charge in [-0.25, -0.2) is 4.98 Å². The number of nitrogens with zero attached hydrogens (tertiary/aromatic N) is 2. The quantitative estimate of drug-likeness (QED) is 0.843. The molecule has 2 heterocycles. The van der Waals surface area contributed by atoms with E-state index >= 15 is 0 Å². The number of hydrogen-bond donors (Lipinski definition) is 1. The smallest absolute Gasteiger partial charge is 0.354 e. The maximum Gasteiger partial charge on any atom is 0.417 e. The predicted molar refractivity (Wildman–Crippen MR) is 61.6 cm³/mol. The van der Waals surface area contributed by atoms with Crippen LogP contribution in [0.5, 0.6) is 0 Å². The minimum Gasteiger partial charge on any atom is -0.354 e. The van der Waals surface area contributed by atoms with Crippen molar-refractivity contribution >= 4 is 18.2 Å². The molecule has 7 heteroatoms. The Morgan fingerprint density at radius 2 is 1.82 bits per heavy atom. The average Bonchev–Trinajstić information content (AvgIpc) is 2.29. The fourth-order valence-electron chi connectivity index (χ4n) is 1.63. The molecule has 1 aliphatic heterocycles. The maximum absolute atomic E-state index is 12.3. The van der Waals surface area contributed by atoms with E-state index in [1.54, 1.807) is 0 Å². The molecule has 0 bridgehead atoms. The molecule has 1 aromatic rings. The molecular formula is C10H13ClF3N3. The third-order valence-corrected chi connectivity index (χ3v) is 2.52. The van der Waals surface area contributed by atoms with Gasteiger partial charge < -0.3 is 10.2 Å². The molecular weight excluding hydrogens is 255 g/mol. The number of nitrogens with one attached hydrogen (secondary N) is 1. The van der Waals surface area contributed by atoms with Crippen LogP contribution in [0.4, 0.5) is 19.0 Å². The number of hydrogen-bond acceptors (Lipinski definition) is 3. The molecule has 0 radical (unpaired) electrons. The molecule has 0 amide bonds. The molecule has 3 nitrogen and oxygen atoms in total. The molecule has 1 fully saturated rings. The van der Waals surface area contributed by atoms with Crippen LogP contribution in [0.15, 0.2) is 18.3 Å². The summed E-state index contributed by atoms with van der Waals surface area (Å²) in [6, 6.07) is 2.50. The van der Waals surface area contributed by atoms with E-state index < -0.39 is 11.7 Å². The third kappa shape index (κ3) is 3.47. The first-order valence-corrected chi connectivity index (χ1v) is 5.06. The van der Waals surface area contributed by atoms with Crippen LogP contribution in [-0.2, 0) is 6.18 Å². The zero-order chi connectivity index (χ0) is 11.6. The van der Waals surface area contributed by atoms with E-state index in [0.717, 1.165) is 38.4 Å². The largest absolute Gasteiger partial charge is 0.417 e. The van der Waals surface area contributed by atoms with E-state index in [-0.39, 0.29) is 12.4 Å². The van der Waals surface area contributed by atoms with Gasteiger partial charge in [0.15, 0.2) is 0 Å². The highest BCUT2D eigenvalue weighted by Crippen LogP contribution is 2.29. The van der Waals surface area contributed by atoms with Gasteiger partial charge in [-0.05, 0) is 12.1 Å². The highest BCUT2D eigenvalue weighted by atomic mass is 35.5. The van der Waals surface area contributed by atoms with Crippen molar-refractivity contribution < 1.29 is 13.2 Å². The van der Waals surface area contributed by atoms with E-state index in [1.807, 2.05) is 4.90 Å². The number of halogens is 4. The Morgan fingerprint density at radius 3 is 2.29 bits per heavy atom. The number of anilines is 1. The number of alkyl halides is 3. The van der Waals surface area contributed by atoms with E-state index in [1.165, 1.54) is 6.07 Å². The summed E-state index contributed by atoms with van der Waals surface area (Å²) in [6.07, 6.45) is -3.42. The van der Waals surface area contributed by atoms with E-state index in [4.69, 9.17) is 0 Å². The second-order valence-electron chi connectivity index (χ2n) is 3.64. The van der Waals surface area contributed by atoms with Crippen LogP contribution in [0.1, 0.15) is 5.56 Å². The minimum absolute atomic E-state index is 0. The van der Waals surface area contributed by atoms with Crippen LogP contribution in [0, 0.1) is 0 Å². The molecule has 1 saturated heterocycles. The Morgan fingerprint density at radius 1 is 1.18 bits per heavy atom. The van der Waals surface area contributed by atoms with Crippen molar-refractivity contribution in [2.45, 2.75) is 6.18 Å². The van der Waals surface area contributed by atoms with Gasteiger partial charge in [0.1, 0.15) is 5.82 Å². The molecule has 0 atom stereocenters. The van der Waals surface area contributed by atoms with Crippen LogP contribution >= 0.6 is 12.4 Å². The third-order valence-electron chi connectivity index (χ3n) is 2.52.